The fourth-order valence-electron chi connectivity index (χ4n) is 1.14. The lowest BCUT2D eigenvalue weighted by atomic mass is 10.2. The molecule has 6 nitrogen and oxygen atoms in total. The van der Waals surface area contributed by atoms with E-state index in [0.717, 1.165) is 12.1 Å². The number of alkyl halides is 3. The van der Waals surface area contributed by atoms with Gasteiger partial charge in [0.2, 0.25) is 0 Å². The van der Waals surface area contributed by atoms with Crippen molar-refractivity contribution >= 4 is 11.8 Å². The standard InChI is InChI=1S/C10H10F3N3O3/c11-10(12,13)19-7-3-1-6(2-4-7)5-15-8(17)9(18)16-14/h1-4H,5,14H2,(H,15,17)(H,16,18). The van der Waals surface area contributed by atoms with Crippen LogP contribution in [-0.2, 0) is 16.1 Å². The third-order valence-electron chi connectivity index (χ3n) is 1.95. The number of hydrogen-bond acceptors (Lipinski definition) is 4. The normalized spacial score (nSPS) is 10.7. The number of hydrogen-bond donors (Lipinski definition) is 3. The van der Waals surface area contributed by atoms with Gasteiger partial charge in [-0.05, 0) is 17.7 Å². The summed E-state index contributed by atoms with van der Waals surface area (Å²) < 4.78 is 39.3. The number of ether oxygens (including phenoxy) is 1. The van der Waals surface area contributed by atoms with E-state index in [1.807, 2.05) is 0 Å². The maximum absolute atomic E-state index is 11.9. The fourth-order valence-corrected chi connectivity index (χ4v) is 1.14. The number of amides is 2. The maximum atomic E-state index is 11.9. The molecule has 0 heterocycles. The molecule has 0 bridgehead atoms. The number of nitrogens with two attached hydrogens (primary N) is 1. The van der Waals surface area contributed by atoms with Crippen molar-refractivity contribution in [2.45, 2.75) is 12.9 Å². The first-order valence-electron chi connectivity index (χ1n) is 4.95. The van der Waals surface area contributed by atoms with Gasteiger partial charge < -0.3 is 10.1 Å². The minimum Gasteiger partial charge on any atom is -0.406 e. The Kier molecular flexibility index (Phi) is 4.70. The Morgan fingerprint density at radius 3 is 2.21 bits per heavy atom. The predicted molar refractivity (Wildman–Crippen MR) is 57.3 cm³/mol. The van der Waals surface area contributed by atoms with Crippen molar-refractivity contribution in [1.82, 2.24) is 10.7 Å². The molecule has 0 spiro atoms. The largest absolute Gasteiger partial charge is 0.573 e. The van der Waals surface area contributed by atoms with Crippen molar-refractivity contribution in [2.75, 3.05) is 0 Å². The molecule has 0 fully saturated rings. The van der Waals surface area contributed by atoms with E-state index < -0.39 is 18.2 Å². The molecule has 1 rings (SSSR count). The number of halogens is 3. The zero-order valence-corrected chi connectivity index (χ0v) is 9.45. The van der Waals surface area contributed by atoms with Gasteiger partial charge in [-0.25, -0.2) is 5.84 Å². The quantitative estimate of drug-likeness (QED) is 0.318. The van der Waals surface area contributed by atoms with Crippen molar-refractivity contribution in [1.29, 1.82) is 0 Å². The van der Waals surface area contributed by atoms with Gasteiger partial charge in [0.1, 0.15) is 5.75 Å². The van der Waals surface area contributed by atoms with Crippen LogP contribution in [0.4, 0.5) is 13.2 Å². The van der Waals surface area contributed by atoms with Crippen LogP contribution in [0, 0.1) is 0 Å². The molecular formula is C10H10F3N3O3. The zero-order chi connectivity index (χ0) is 14.5. The molecule has 0 aliphatic rings. The second-order valence-corrected chi connectivity index (χ2v) is 3.35. The first-order valence-corrected chi connectivity index (χ1v) is 4.95. The van der Waals surface area contributed by atoms with Gasteiger partial charge in [-0.3, -0.25) is 15.0 Å². The van der Waals surface area contributed by atoms with Gasteiger partial charge in [-0.15, -0.1) is 13.2 Å². The van der Waals surface area contributed by atoms with Crippen molar-refractivity contribution in [3.63, 3.8) is 0 Å². The van der Waals surface area contributed by atoms with Crippen molar-refractivity contribution < 1.29 is 27.5 Å². The first-order chi connectivity index (χ1) is 8.81. The third-order valence-corrected chi connectivity index (χ3v) is 1.95. The van der Waals surface area contributed by atoms with Gasteiger partial charge in [-0.1, -0.05) is 12.1 Å². The molecule has 1 aromatic rings. The van der Waals surface area contributed by atoms with Crippen molar-refractivity contribution in [3.8, 4) is 5.75 Å². The number of hydrazine groups is 1. The molecule has 0 saturated carbocycles. The van der Waals surface area contributed by atoms with Crippen LogP contribution in [0.2, 0.25) is 0 Å². The second-order valence-electron chi connectivity index (χ2n) is 3.35. The van der Waals surface area contributed by atoms with Gasteiger partial charge in [0, 0.05) is 6.54 Å². The predicted octanol–water partition coefficient (Wildman–Crippen LogP) is 0.191. The molecule has 0 aliphatic heterocycles. The fraction of sp³-hybridized carbons (Fsp3) is 0.200. The van der Waals surface area contributed by atoms with E-state index in [0.29, 0.717) is 5.56 Å². The van der Waals surface area contributed by atoms with Gasteiger partial charge in [-0.2, -0.15) is 0 Å². The number of benzene rings is 1. The molecule has 1 aromatic carbocycles. The Morgan fingerprint density at radius 1 is 1.16 bits per heavy atom. The highest BCUT2D eigenvalue weighted by atomic mass is 19.4. The lowest BCUT2D eigenvalue weighted by Crippen LogP contribution is -2.42. The van der Waals surface area contributed by atoms with Crippen LogP contribution in [-0.4, -0.2) is 18.2 Å². The van der Waals surface area contributed by atoms with E-state index in [4.69, 9.17) is 5.84 Å². The molecule has 19 heavy (non-hydrogen) atoms. The smallest absolute Gasteiger partial charge is 0.406 e. The molecule has 0 saturated heterocycles. The van der Waals surface area contributed by atoms with Crippen LogP contribution in [0.15, 0.2) is 24.3 Å². The summed E-state index contributed by atoms with van der Waals surface area (Å²) in [6.45, 7) is -0.0292. The third kappa shape index (κ3) is 5.25. The Morgan fingerprint density at radius 2 is 1.74 bits per heavy atom. The SMILES string of the molecule is NNC(=O)C(=O)NCc1ccc(OC(F)(F)F)cc1. The summed E-state index contributed by atoms with van der Waals surface area (Å²) >= 11 is 0. The Labute approximate surface area is 105 Å². The zero-order valence-electron chi connectivity index (χ0n) is 9.45. The lowest BCUT2D eigenvalue weighted by Gasteiger charge is -2.09. The van der Waals surface area contributed by atoms with E-state index in [9.17, 15) is 22.8 Å². The molecule has 4 N–H and O–H groups in total. The lowest BCUT2D eigenvalue weighted by molar-refractivity contribution is -0.274. The number of carbonyl (C=O) groups is 2. The average molecular weight is 277 g/mol. The molecule has 9 heteroatoms. The highest BCUT2D eigenvalue weighted by Crippen LogP contribution is 2.22. The van der Waals surface area contributed by atoms with Gasteiger partial charge in [0.15, 0.2) is 0 Å². The highest BCUT2D eigenvalue weighted by molar-refractivity contribution is 6.34. The van der Waals surface area contributed by atoms with Crippen LogP contribution in [0.25, 0.3) is 0 Å². The summed E-state index contributed by atoms with van der Waals surface area (Å²) in [6.07, 6.45) is -4.76. The van der Waals surface area contributed by atoms with Gasteiger partial charge in [0.25, 0.3) is 0 Å². The van der Waals surface area contributed by atoms with Crippen molar-refractivity contribution in [3.05, 3.63) is 29.8 Å². The number of rotatable bonds is 3. The van der Waals surface area contributed by atoms with Crippen LogP contribution < -0.4 is 21.3 Å². The van der Waals surface area contributed by atoms with Crippen LogP contribution in [0.5, 0.6) is 5.75 Å². The molecule has 0 radical (unpaired) electrons. The van der Waals surface area contributed by atoms with Crippen LogP contribution in [0.1, 0.15) is 5.56 Å². The van der Waals surface area contributed by atoms with Crippen molar-refractivity contribution in [2.24, 2.45) is 5.84 Å². The van der Waals surface area contributed by atoms with Gasteiger partial charge in [0.05, 0.1) is 0 Å². The monoisotopic (exact) mass is 277 g/mol. The summed E-state index contributed by atoms with van der Waals surface area (Å²) in [4.78, 5) is 21.8. The minimum absolute atomic E-state index is 0.0292. The second kappa shape index (κ2) is 6.05. The van der Waals surface area contributed by atoms with E-state index in [1.165, 1.54) is 12.1 Å². The molecule has 0 unspecified atom stereocenters. The molecule has 0 atom stereocenters. The minimum atomic E-state index is -4.76. The molecule has 104 valence electrons. The summed E-state index contributed by atoms with van der Waals surface area (Å²) in [6, 6.07) is 4.83. The van der Waals surface area contributed by atoms with Crippen LogP contribution in [0.3, 0.4) is 0 Å². The van der Waals surface area contributed by atoms with Crippen LogP contribution >= 0.6 is 0 Å². The summed E-state index contributed by atoms with van der Waals surface area (Å²) in [5.74, 6) is 2.40. The Balaban J connectivity index is 2.53. The van der Waals surface area contributed by atoms with E-state index >= 15 is 0 Å². The Bertz CT molecular complexity index is 459. The molecule has 2 amide bonds. The Hall–Kier alpha value is -2.29. The van der Waals surface area contributed by atoms with E-state index in [2.05, 4.69) is 10.1 Å². The summed E-state index contributed by atoms with van der Waals surface area (Å²) in [5.41, 5.74) is 2.13. The number of carbonyl (C=O) groups excluding carboxylic acids is 2. The topological polar surface area (TPSA) is 93.5 Å². The number of nitrogens with one attached hydrogen (secondary N) is 2. The maximum Gasteiger partial charge on any atom is 0.573 e. The summed E-state index contributed by atoms with van der Waals surface area (Å²) in [7, 11) is 0. The van der Waals surface area contributed by atoms with Gasteiger partial charge >= 0.3 is 18.2 Å². The highest BCUT2D eigenvalue weighted by Gasteiger charge is 2.30. The first kappa shape index (κ1) is 14.8. The molecule has 0 aliphatic carbocycles. The molecule has 0 aromatic heterocycles. The molecular weight excluding hydrogens is 267 g/mol. The average Bonchev–Trinajstić information content (AvgIpc) is 2.34. The van der Waals surface area contributed by atoms with E-state index in [1.54, 1.807) is 5.43 Å². The summed E-state index contributed by atoms with van der Waals surface area (Å²) in [5, 5.41) is 2.22. The van der Waals surface area contributed by atoms with E-state index in [-0.39, 0.29) is 12.3 Å².